The van der Waals surface area contributed by atoms with Gasteiger partial charge in [0, 0.05) is 22.1 Å². The van der Waals surface area contributed by atoms with Gasteiger partial charge in [0.25, 0.3) is 11.8 Å². The number of nitrogens with two attached hydrogens (primary N) is 1. The monoisotopic (exact) mass is 486 g/mol. The Morgan fingerprint density at radius 3 is 2.20 bits per heavy atom. The summed E-state index contributed by atoms with van der Waals surface area (Å²) in [6.45, 7) is 0. The molecule has 1 aliphatic rings. The Bertz CT molecular complexity index is 1280. The van der Waals surface area contributed by atoms with Crippen LogP contribution in [0.4, 0.5) is 5.69 Å². The average molecular weight is 487 g/mol. The lowest BCUT2D eigenvalue weighted by molar-refractivity contribution is -0.117. The second-order valence-corrected chi connectivity index (χ2v) is 8.93. The van der Waals surface area contributed by atoms with Gasteiger partial charge >= 0.3 is 0 Å². The molecule has 0 radical (unpaired) electrons. The predicted octanol–water partition coefficient (Wildman–Crippen LogP) is 2.35. The van der Waals surface area contributed by atoms with E-state index >= 15 is 0 Å². The van der Waals surface area contributed by atoms with E-state index < -0.39 is 21.8 Å². The first-order valence-corrected chi connectivity index (χ1v) is 11.0. The number of nitrogens with zero attached hydrogens (tertiary/aromatic N) is 2. The summed E-state index contributed by atoms with van der Waals surface area (Å²) in [6, 6.07) is 16.4. The molecule has 1 aromatic heterocycles. The molecular weight excluding hydrogens is 472 g/mol. The van der Waals surface area contributed by atoms with Crippen molar-refractivity contribution in [2.45, 2.75) is 4.90 Å². The van der Waals surface area contributed by atoms with E-state index in [1.807, 2.05) is 0 Å². The van der Waals surface area contributed by atoms with Gasteiger partial charge in [-0.15, -0.1) is 0 Å². The van der Waals surface area contributed by atoms with Crippen molar-refractivity contribution in [1.29, 1.82) is 0 Å². The first-order valence-electron chi connectivity index (χ1n) is 8.67. The number of sulfonamides is 1. The number of hydrogen-bond acceptors (Lipinski definition) is 4. The maximum atomic E-state index is 12.8. The first kappa shape index (κ1) is 20.1. The Hall–Kier alpha value is -3.21. The molecule has 2 heterocycles. The van der Waals surface area contributed by atoms with E-state index in [4.69, 9.17) is 5.14 Å². The highest BCUT2D eigenvalue weighted by Crippen LogP contribution is 2.24. The summed E-state index contributed by atoms with van der Waals surface area (Å²) in [5.74, 6) is -0.986. The minimum atomic E-state index is -3.79. The van der Waals surface area contributed by atoms with Crippen molar-refractivity contribution < 1.29 is 18.0 Å². The molecule has 10 heteroatoms. The molecule has 1 aliphatic heterocycles. The fourth-order valence-corrected chi connectivity index (χ4v) is 3.80. The van der Waals surface area contributed by atoms with Gasteiger partial charge in [0.05, 0.1) is 10.6 Å². The van der Waals surface area contributed by atoms with Gasteiger partial charge in [0.1, 0.15) is 5.57 Å². The molecule has 3 aromatic rings. The van der Waals surface area contributed by atoms with E-state index in [0.29, 0.717) is 17.1 Å². The molecule has 0 atom stereocenters. The molecule has 30 heavy (non-hydrogen) atoms. The summed E-state index contributed by atoms with van der Waals surface area (Å²) >= 11 is 3.33. The molecule has 1 fully saturated rings. The summed E-state index contributed by atoms with van der Waals surface area (Å²) in [7, 11) is -3.79. The maximum Gasteiger partial charge on any atom is 0.282 e. The number of hydrazine groups is 1. The Balaban J connectivity index is 1.66. The normalized spacial score (nSPS) is 15.7. The smallest absolute Gasteiger partial charge is 0.282 e. The number of rotatable bonds is 4. The van der Waals surface area contributed by atoms with Crippen molar-refractivity contribution in [3.63, 3.8) is 0 Å². The summed E-state index contributed by atoms with van der Waals surface area (Å²) < 4.78 is 25.5. The van der Waals surface area contributed by atoms with E-state index in [0.717, 1.165) is 4.47 Å². The number of amides is 2. The largest absolute Gasteiger partial charge is 0.317 e. The highest BCUT2D eigenvalue weighted by atomic mass is 79.9. The summed E-state index contributed by atoms with van der Waals surface area (Å²) in [4.78, 5) is 25.2. The van der Waals surface area contributed by atoms with Crippen molar-refractivity contribution in [2.75, 3.05) is 5.01 Å². The third-order valence-corrected chi connectivity index (χ3v) is 5.95. The Morgan fingerprint density at radius 1 is 0.933 bits per heavy atom. The van der Waals surface area contributed by atoms with E-state index in [2.05, 4.69) is 21.4 Å². The van der Waals surface area contributed by atoms with E-state index in [1.165, 1.54) is 23.2 Å². The molecule has 3 N–H and O–H groups in total. The fraction of sp³-hybridized carbons (Fsp3) is 0. The number of carbonyl (C=O) groups excluding carboxylic acids is 2. The van der Waals surface area contributed by atoms with Crippen LogP contribution in [0, 0.1) is 0 Å². The lowest BCUT2D eigenvalue weighted by atomic mass is 10.2. The number of anilines is 1. The zero-order chi connectivity index (χ0) is 21.5. The lowest BCUT2D eigenvalue weighted by Crippen LogP contribution is -2.35. The third-order valence-electron chi connectivity index (χ3n) is 4.49. The lowest BCUT2D eigenvalue weighted by Gasteiger charge is -2.14. The number of halogens is 1. The molecule has 0 saturated carbocycles. The van der Waals surface area contributed by atoms with E-state index in [9.17, 15) is 18.0 Å². The van der Waals surface area contributed by atoms with Crippen LogP contribution in [0.5, 0.6) is 0 Å². The first-order chi connectivity index (χ1) is 14.2. The minimum Gasteiger partial charge on any atom is -0.317 e. The van der Waals surface area contributed by atoms with E-state index in [-0.39, 0.29) is 10.5 Å². The van der Waals surface area contributed by atoms with Crippen LogP contribution in [0.3, 0.4) is 0 Å². The van der Waals surface area contributed by atoms with Crippen molar-refractivity contribution in [3.05, 3.63) is 82.6 Å². The average Bonchev–Trinajstić information content (AvgIpc) is 3.28. The number of nitrogens with one attached hydrogen (secondary N) is 1. The molecule has 1 saturated heterocycles. The number of hydrogen-bond donors (Lipinski definition) is 2. The van der Waals surface area contributed by atoms with Crippen LogP contribution in [0.1, 0.15) is 5.69 Å². The molecule has 0 spiro atoms. The molecule has 8 nitrogen and oxygen atoms in total. The fourth-order valence-electron chi connectivity index (χ4n) is 3.02. The van der Waals surface area contributed by atoms with Crippen LogP contribution < -0.4 is 15.6 Å². The van der Waals surface area contributed by atoms with E-state index in [1.54, 1.807) is 59.3 Å². The van der Waals surface area contributed by atoms with Crippen LogP contribution in [-0.4, -0.2) is 24.8 Å². The maximum absolute atomic E-state index is 12.8. The highest BCUT2D eigenvalue weighted by Gasteiger charge is 2.34. The zero-order valence-corrected chi connectivity index (χ0v) is 17.7. The molecule has 4 rings (SSSR count). The Kier molecular flexibility index (Phi) is 5.06. The van der Waals surface area contributed by atoms with Gasteiger partial charge in [-0.3, -0.25) is 15.0 Å². The number of primary sulfonamides is 1. The van der Waals surface area contributed by atoms with Gasteiger partial charge in [-0.1, -0.05) is 15.9 Å². The molecule has 2 amide bonds. The van der Waals surface area contributed by atoms with Gasteiger partial charge in [0.15, 0.2) is 0 Å². The van der Waals surface area contributed by atoms with Gasteiger partial charge in [-0.05, 0) is 66.7 Å². The zero-order valence-electron chi connectivity index (χ0n) is 15.3. The Labute approximate surface area is 180 Å². The van der Waals surface area contributed by atoms with Crippen LogP contribution in [0.15, 0.2) is 81.8 Å². The van der Waals surface area contributed by atoms with Gasteiger partial charge in [-0.2, -0.15) is 0 Å². The summed E-state index contributed by atoms with van der Waals surface area (Å²) in [6.07, 6.45) is 3.23. The van der Waals surface area contributed by atoms with Crippen molar-refractivity contribution >= 4 is 49.5 Å². The van der Waals surface area contributed by atoms with Crippen LogP contribution in [-0.2, 0) is 19.6 Å². The molecular formula is C20H15BrN4O4S. The number of carbonyl (C=O) groups is 2. The van der Waals surface area contributed by atoms with Crippen LogP contribution >= 0.6 is 15.9 Å². The standard InChI is InChI=1S/C20H15BrN4O4S/c21-13-3-5-15(6-4-13)25-20(27)18(19(26)23-25)12-16-2-1-11-24(16)14-7-9-17(10-8-14)30(22,28)29/h1-12H,(H,23,26)(H2,22,28,29). The third kappa shape index (κ3) is 3.80. The van der Waals surface area contributed by atoms with Crippen LogP contribution in [0.2, 0.25) is 0 Å². The van der Waals surface area contributed by atoms with Gasteiger partial charge in [0.2, 0.25) is 10.0 Å². The van der Waals surface area contributed by atoms with Crippen LogP contribution in [0.25, 0.3) is 11.8 Å². The predicted molar refractivity (Wildman–Crippen MR) is 115 cm³/mol. The quantitative estimate of drug-likeness (QED) is 0.434. The molecule has 2 aromatic carbocycles. The summed E-state index contributed by atoms with van der Waals surface area (Å²) in [5.41, 5.74) is 4.30. The second kappa shape index (κ2) is 7.56. The molecule has 0 bridgehead atoms. The SMILES string of the molecule is NS(=O)(=O)c1ccc(-n2cccc2C=C2C(=O)NN(c3ccc(Br)cc3)C2=O)cc1. The second-order valence-electron chi connectivity index (χ2n) is 6.46. The Morgan fingerprint density at radius 2 is 1.57 bits per heavy atom. The highest BCUT2D eigenvalue weighted by molar-refractivity contribution is 9.10. The molecule has 0 aliphatic carbocycles. The number of aromatic nitrogens is 1. The van der Waals surface area contributed by atoms with Gasteiger partial charge < -0.3 is 4.57 Å². The minimum absolute atomic E-state index is 0.00574. The summed E-state index contributed by atoms with van der Waals surface area (Å²) in [5, 5.41) is 6.32. The van der Waals surface area contributed by atoms with Gasteiger partial charge in [-0.25, -0.2) is 18.6 Å². The van der Waals surface area contributed by atoms with Crippen molar-refractivity contribution in [2.24, 2.45) is 5.14 Å². The molecule has 0 unspecified atom stereocenters. The van der Waals surface area contributed by atoms with Crippen molar-refractivity contribution in [1.82, 2.24) is 9.99 Å². The van der Waals surface area contributed by atoms with Crippen molar-refractivity contribution in [3.8, 4) is 5.69 Å². The number of benzene rings is 2. The topological polar surface area (TPSA) is 114 Å². The molecule has 152 valence electrons.